The summed E-state index contributed by atoms with van der Waals surface area (Å²) in [6, 6.07) is 3.68. The van der Waals surface area contributed by atoms with Gasteiger partial charge in [0.05, 0.1) is 5.02 Å². The highest BCUT2D eigenvalue weighted by atomic mass is 35.5. The molecule has 19 heavy (non-hydrogen) atoms. The Bertz CT molecular complexity index is 605. The molecule has 1 amide bonds. The number of aromatic nitrogens is 2. The van der Waals surface area contributed by atoms with Gasteiger partial charge < -0.3 is 4.74 Å². The van der Waals surface area contributed by atoms with Gasteiger partial charge in [0.1, 0.15) is 16.6 Å². The summed E-state index contributed by atoms with van der Waals surface area (Å²) in [4.78, 5) is 11.6. The van der Waals surface area contributed by atoms with Gasteiger partial charge in [-0.2, -0.15) is 0 Å². The van der Waals surface area contributed by atoms with Crippen LogP contribution in [0.2, 0.25) is 5.02 Å². The Hall–Kier alpha value is -1.73. The molecule has 0 unspecified atom stereocenters. The fraction of sp³-hybridized carbons (Fsp3) is 0.182. The number of hydrogen-bond acceptors (Lipinski definition) is 5. The molecule has 1 aromatic heterocycles. The lowest BCUT2D eigenvalue weighted by molar-refractivity contribution is -0.118. The van der Waals surface area contributed by atoms with Crippen LogP contribution in [0.25, 0.3) is 0 Å². The van der Waals surface area contributed by atoms with Gasteiger partial charge in [-0.25, -0.2) is 4.39 Å². The number of halogens is 2. The number of ether oxygens (including phenoxy) is 1. The van der Waals surface area contributed by atoms with Crippen LogP contribution in [-0.4, -0.2) is 22.7 Å². The first-order valence-electron chi connectivity index (χ1n) is 5.22. The highest BCUT2D eigenvalue weighted by Crippen LogP contribution is 2.24. The predicted molar refractivity (Wildman–Crippen MR) is 70.2 cm³/mol. The van der Waals surface area contributed by atoms with Gasteiger partial charge >= 0.3 is 0 Å². The molecule has 5 nitrogen and oxygen atoms in total. The molecule has 0 radical (unpaired) electrons. The zero-order valence-electron chi connectivity index (χ0n) is 9.81. The predicted octanol–water partition coefficient (Wildman–Crippen LogP) is 2.66. The van der Waals surface area contributed by atoms with Gasteiger partial charge in [-0.15, -0.1) is 10.2 Å². The largest absolute Gasteiger partial charge is 0.482 e. The average molecular weight is 302 g/mol. The summed E-state index contributed by atoms with van der Waals surface area (Å²) in [5.74, 6) is -0.616. The van der Waals surface area contributed by atoms with E-state index in [4.69, 9.17) is 16.3 Å². The van der Waals surface area contributed by atoms with E-state index >= 15 is 0 Å². The van der Waals surface area contributed by atoms with Crippen molar-refractivity contribution in [2.24, 2.45) is 0 Å². The first kappa shape index (κ1) is 13.7. The number of carbonyl (C=O) groups is 1. The van der Waals surface area contributed by atoms with E-state index in [1.807, 2.05) is 0 Å². The van der Waals surface area contributed by atoms with Gasteiger partial charge in [-0.3, -0.25) is 10.1 Å². The quantitative estimate of drug-likeness (QED) is 0.943. The number of hydrogen-bond donors (Lipinski definition) is 1. The molecule has 0 aliphatic rings. The van der Waals surface area contributed by atoms with Crippen molar-refractivity contribution in [1.29, 1.82) is 0 Å². The van der Waals surface area contributed by atoms with Crippen molar-refractivity contribution in [1.82, 2.24) is 10.2 Å². The van der Waals surface area contributed by atoms with Gasteiger partial charge in [-0.1, -0.05) is 22.9 Å². The average Bonchev–Trinajstić information content (AvgIpc) is 2.73. The third-order valence-corrected chi connectivity index (χ3v) is 3.07. The maximum absolute atomic E-state index is 12.8. The maximum Gasteiger partial charge on any atom is 0.264 e. The second-order valence-corrected chi connectivity index (χ2v) is 5.13. The Labute approximate surface area is 117 Å². The van der Waals surface area contributed by atoms with Crippen molar-refractivity contribution in [2.45, 2.75) is 6.92 Å². The van der Waals surface area contributed by atoms with Crippen LogP contribution < -0.4 is 10.1 Å². The second kappa shape index (κ2) is 5.94. The molecule has 0 bridgehead atoms. The lowest BCUT2D eigenvalue weighted by atomic mass is 10.3. The molecule has 2 aromatic rings. The Morgan fingerprint density at radius 3 is 2.95 bits per heavy atom. The highest BCUT2D eigenvalue weighted by molar-refractivity contribution is 7.15. The van der Waals surface area contributed by atoms with Crippen molar-refractivity contribution >= 4 is 34.0 Å². The SMILES string of the molecule is Cc1nnc(NC(=O)COc2ccc(F)cc2Cl)s1. The molecule has 1 heterocycles. The van der Waals surface area contributed by atoms with Crippen molar-refractivity contribution in [3.05, 3.63) is 34.0 Å². The summed E-state index contributed by atoms with van der Waals surface area (Å²) >= 11 is 7.02. The third kappa shape index (κ3) is 3.87. The first-order valence-corrected chi connectivity index (χ1v) is 6.42. The van der Waals surface area contributed by atoms with E-state index in [2.05, 4.69) is 15.5 Å². The molecule has 100 valence electrons. The number of aryl methyl sites for hydroxylation is 1. The zero-order chi connectivity index (χ0) is 13.8. The summed E-state index contributed by atoms with van der Waals surface area (Å²) in [7, 11) is 0. The molecule has 0 saturated heterocycles. The minimum atomic E-state index is -0.467. The zero-order valence-corrected chi connectivity index (χ0v) is 11.4. The van der Waals surface area contributed by atoms with E-state index in [1.165, 1.54) is 23.5 Å². The summed E-state index contributed by atoms with van der Waals surface area (Å²) in [6.07, 6.45) is 0. The van der Waals surface area contributed by atoms with E-state index in [0.29, 0.717) is 5.13 Å². The van der Waals surface area contributed by atoms with Crippen LogP contribution in [0.1, 0.15) is 5.01 Å². The van der Waals surface area contributed by atoms with Gasteiger partial charge in [-0.05, 0) is 25.1 Å². The number of nitrogens with zero attached hydrogens (tertiary/aromatic N) is 2. The van der Waals surface area contributed by atoms with E-state index in [0.717, 1.165) is 11.1 Å². The number of anilines is 1. The molecule has 0 aliphatic heterocycles. The summed E-state index contributed by atoms with van der Waals surface area (Å²) in [6.45, 7) is 1.53. The number of amides is 1. The van der Waals surface area contributed by atoms with Crippen LogP contribution in [0, 0.1) is 12.7 Å². The minimum absolute atomic E-state index is 0.111. The monoisotopic (exact) mass is 301 g/mol. The van der Waals surface area contributed by atoms with Crippen molar-refractivity contribution in [3.8, 4) is 5.75 Å². The number of rotatable bonds is 4. The first-order chi connectivity index (χ1) is 9.04. The molecule has 1 aromatic carbocycles. The molecular weight excluding hydrogens is 293 g/mol. The summed E-state index contributed by atoms with van der Waals surface area (Å²) < 4.78 is 18.0. The van der Waals surface area contributed by atoms with E-state index in [-0.39, 0.29) is 17.4 Å². The van der Waals surface area contributed by atoms with E-state index < -0.39 is 11.7 Å². The molecule has 2 rings (SSSR count). The highest BCUT2D eigenvalue weighted by Gasteiger charge is 2.09. The van der Waals surface area contributed by atoms with Crippen LogP contribution >= 0.6 is 22.9 Å². The number of benzene rings is 1. The van der Waals surface area contributed by atoms with Crippen molar-refractivity contribution < 1.29 is 13.9 Å². The van der Waals surface area contributed by atoms with E-state index in [9.17, 15) is 9.18 Å². The molecule has 0 spiro atoms. The standard InChI is InChI=1S/C11H9ClFN3O2S/c1-6-15-16-11(19-6)14-10(17)5-18-9-3-2-7(13)4-8(9)12/h2-4H,5H2,1H3,(H,14,16,17). The topological polar surface area (TPSA) is 64.1 Å². The summed E-state index contributed by atoms with van der Waals surface area (Å²) in [5, 5.41) is 11.3. The molecule has 0 fully saturated rings. The van der Waals surface area contributed by atoms with Gasteiger partial charge in [0.15, 0.2) is 6.61 Å². The molecular formula is C11H9ClFN3O2S. The molecule has 8 heteroatoms. The van der Waals surface area contributed by atoms with Gasteiger partial charge in [0.2, 0.25) is 5.13 Å². The normalized spacial score (nSPS) is 10.3. The Morgan fingerprint density at radius 2 is 2.32 bits per heavy atom. The van der Waals surface area contributed by atoms with Crippen LogP contribution in [0.15, 0.2) is 18.2 Å². The van der Waals surface area contributed by atoms with Crippen LogP contribution in [0.4, 0.5) is 9.52 Å². The lowest BCUT2D eigenvalue weighted by Crippen LogP contribution is -2.20. The Kier molecular flexibility index (Phi) is 4.28. The third-order valence-electron chi connectivity index (χ3n) is 2.03. The fourth-order valence-electron chi connectivity index (χ4n) is 1.24. The van der Waals surface area contributed by atoms with Gasteiger partial charge in [0, 0.05) is 0 Å². The van der Waals surface area contributed by atoms with Gasteiger partial charge in [0.25, 0.3) is 5.91 Å². The van der Waals surface area contributed by atoms with Crippen molar-refractivity contribution in [2.75, 3.05) is 11.9 Å². The summed E-state index contributed by atoms with van der Waals surface area (Å²) in [5.41, 5.74) is 0. The Balaban J connectivity index is 1.89. The fourth-order valence-corrected chi connectivity index (χ4v) is 2.07. The number of carbonyl (C=O) groups excluding carboxylic acids is 1. The number of nitrogens with one attached hydrogen (secondary N) is 1. The molecule has 0 saturated carbocycles. The van der Waals surface area contributed by atoms with Crippen LogP contribution in [0.5, 0.6) is 5.75 Å². The van der Waals surface area contributed by atoms with Crippen molar-refractivity contribution in [3.63, 3.8) is 0 Å². The molecule has 0 atom stereocenters. The lowest BCUT2D eigenvalue weighted by Gasteiger charge is -2.07. The molecule has 0 aliphatic carbocycles. The second-order valence-electron chi connectivity index (χ2n) is 3.54. The van der Waals surface area contributed by atoms with Crippen LogP contribution in [-0.2, 0) is 4.79 Å². The Morgan fingerprint density at radius 1 is 1.53 bits per heavy atom. The minimum Gasteiger partial charge on any atom is -0.482 e. The van der Waals surface area contributed by atoms with E-state index in [1.54, 1.807) is 6.92 Å². The van der Waals surface area contributed by atoms with Crippen LogP contribution in [0.3, 0.4) is 0 Å². The maximum atomic E-state index is 12.8. The smallest absolute Gasteiger partial charge is 0.264 e. The molecule has 1 N–H and O–H groups in total.